The Kier molecular flexibility index (Phi) is 4.77. The van der Waals surface area contributed by atoms with Gasteiger partial charge in [0.05, 0.1) is 11.4 Å². The van der Waals surface area contributed by atoms with Crippen molar-refractivity contribution in [3.63, 3.8) is 0 Å². The Morgan fingerprint density at radius 1 is 1.24 bits per heavy atom. The van der Waals surface area contributed by atoms with E-state index < -0.39 is 0 Å². The van der Waals surface area contributed by atoms with Crippen LogP contribution in [0.5, 0.6) is 0 Å². The van der Waals surface area contributed by atoms with Gasteiger partial charge in [0, 0.05) is 30.2 Å². The van der Waals surface area contributed by atoms with Gasteiger partial charge >= 0.3 is 6.03 Å². The zero-order chi connectivity index (χ0) is 18.0. The number of pyridine rings is 1. The lowest BCUT2D eigenvalue weighted by atomic mass is 9.91. The van der Waals surface area contributed by atoms with Crippen molar-refractivity contribution in [2.75, 3.05) is 25.0 Å². The van der Waals surface area contributed by atoms with Crippen LogP contribution in [-0.2, 0) is 5.41 Å². The van der Waals surface area contributed by atoms with Crippen molar-refractivity contribution >= 4 is 11.7 Å². The van der Waals surface area contributed by atoms with Gasteiger partial charge in [0.15, 0.2) is 0 Å². The minimum atomic E-state index is -0.138. The molecule has 2 N–H and O–H groups in total. The van der Waals surface area contributed by atoms with Crippen molar-refractivity contribution in [2.24, 2.45) is 0 Å². The predicted octanol–water partition coefficient (Wildman–Crippen LogP) is 3.16. The Morgan fingerprint density at radius 3 is 2.64 bits per heavy atom. The van der Waals surface area contributed by atoms with E-state index in [1.165, 1.54) is 0 Å². The zero-order valence-corrected chi connectivity index (χ0v) is 15.3. The lowest BCUT2D eigenvalue weighted by molar-refractivity contribution is 0.244. The maximum Gasteiger partial charge on any atom is 0.322 e. The Labute approximate surface area is 149 Å². The molecule has 0 aliphatic carbocycles. The van der Waals surface area contributed by atoms with Crippen LogP contribution in [-0.4, -0.2) is 31.2 Å². The van der Waals surface area contributed by atoms with Gasteiger partial charge in [-0.1, -0.05) is 44.2 Å². The van der Waals surface area contributed by atoms with Gasteiger partial charge in [0.2, 0.25) is 0 Å². The third kappa shape index (κ3) is 3.51. The summed E-state index contributed by atoms with van der Waals surface area (Å²) in [7, 11) is 1.91. The van der Waals surface area contributed by atoms with Crippen molar-refractivity contribution < 1.29 is 4.79 Å². The molecule has 25 heavy (non-hydrogen) atoms. The molecule has 5 nitrogen and oxygen atoms in total. The number of anilines is 1. The first-order valence-corrected chi connectivity index (χ1v) is 8.68. The highest BCUT2D eigenvalue weighted by Gasteiger charge is 2.39. The first-order valence-electron chi connectivity index (χ1n) is 8.68. The molecule has 5 heteroatoms. The second kappa shape index (κ2) is 6.84. The number of aryl methyl sites for hydroxylation is 1. The molecule has 1 aliphatic heterocycles. The molecule has 0 bridgehead atoms. The Balaban J connectivity index is 1.72. The summed E-state index contributed by atoms with van der Waals surface area (Å²) in [5.74, 6) is 0. The lowest BCUT2D eigenvalue weighted by Gasteiger charge is -2.23. The van der Waals surface area contributed by atoms with E-state index in [1.54, 1.807) is 4.90 Å². The van der Waals surface area contributed by atoms with E-state index in [0.29, 0.717) is 13.1 Å². The van der Waals surface area contributed by atoms with Gasteiger partial charge in [-0.05, 0) is 31.7 Å². The van der Waals surface area contributed by atoms with Gasteiger partial charge in [-0.3, -0.25) is 9.88 Å². The predicted molar refractivity (Wildman–Crippen MR) is 101 cm³/mol. The van der Waals surface area contributed by atoms with Crippen LogP contribution in [0, 0.1) is 6.92 Å². The molecule has 0 saturated heterocycles. The normalized spacial score (nSPS) is 16.4. The topological polar surface area (TPSA) is 57.3 Å². The molecular weight excluding hydrogens is 312 g/mol. The molecule has 2 heterocycles. The fourth-order valence-corrected chi connectivity index (χ4v) is 3.36. The number of urea groups is 1. The van der Waals surface area contributed by atoms with E-state index >= 15 is 0 Å². The number of hydrogen-bond acceptors (Lipinski definition) is 3. The van der Waals surface area contributed by atoms with Crippen molar-refractivity contribution in [1.29, 1.82) is 0 Å². The number of amides is 2. The summed E-state index contributed by atoms with van der Waals surface area (Å²) < 4.78 is 0. The summed E-state index contributed by atoms with van der Waals surface area (Å²) in [6.07, 6.45) is 0. The number of hydrogen-bond donors (Lipinski definition) is 2. The molecule has 1 aromatic heterocycles. The van der Waals surface area contributed by atoms with Crippen LogP contribution < -0.4 is 15.5 Å². The van der Waals surface area contributed by atoms with Gasteiger partial charge < -0.3 is 10.6 Å². The van der Waals surface area contributed by atoms with E-state index in [1.807, 2.05) is 44.3 Å². The average Bonchev–Trinajstić information content (AvgIpc) is 2.87. The number of benzene rings is 1. The Hall–Kier alpha value is -2.40. The molecule has 0 spiro atoms. The zero-order valence-electron chi connectivity index (χ0n) is 15.3. The number of carbonyl (C=O) groups excluding carboxylic acids is 1. The molecule has 1 atom stereocenters. The molecular formula is C20H26N4O. The molecule has 3 rings (SSSR count). The maximum atomic E-state index is 12.8. The summed E-state index contributed by atoms with van der Waals surface area (Å²) in [4.78, 5) is 19.3. The third-order valence-electron chi connectivity index (χ3n) is 4.75. The molecule has 1 aromatic carbocycles. The second-order valence-corrected chi connectivity index (χ2v) is 7.23. The maximum absolute atomic E-state index is 12.8. The van der Waals surface area contributed by atoms with Crippen molar-refractivity contribution in [3.8, 4) is 0 Å². The average molecular weight is 338 g/mol. The summed E-state index contributed by atoms with van der Waals surface area (Å²) in [6, 6.07) is 14.1. The van der Waals surface area contributed by atoms with Gasteiger partial charge in [0.1, 0.15) is 0 Å². The minimum Gasteiger partial charge on any atom is -0.336 e. The number of nitrogens with zero attached hydrogens (tertiary/aromatic N) is 2. The summed E-state index contributed by atoms with van der Waals surface area (Å²) in [5.41, 5.74) is 3.91. The Bertz CT molecular complexity index is 758. The number of carbonyl (C=O) groups is 1. The molecule has 0 saturated carbocycles. The lowest BCUT2D eigenvalue weighted by Crippen LogP contribution is -2.44. The van der Waals surface area contributed by atoms with E-state index in [4.69, 9.17) is 0 Å². The fourth-order valence-electron chi connectivity index (χ4n) is 3.36. The highest BCUT2D eigenvalue weighted by atomic mass is 16.2. The number of fused-ring (bicyclic) bond motifs is 1. The van der Waals surface area contributed by atoms with Crippen LogP contribution in [0.4, 0.5) is 10.5 Å². The highest BCUT2D eigenvalue weighted by Crippen LogP contribution is 2.39. The Morgan fingerprint density at radius 2 is 1.96 bits per heavy atom. The summed E-state index contributed by atoms with van der Waals surface area (Å²) in [6.45, 7) is 7.42. The number of likely N-dealkylation sites (N-methyl/N-ethyl adjacent to an activating group) is 1. The molecule has 0 radical (unpaired) electrons. The van der Waals surface area contributed by atoms with E-state index in [0.717, 1.165) is 22.6 Å². The van der Waals surface area contributed by atoms with Crippen LogP contribution in [0.15, 0.2) is 42.5 Å². The monoisotopic (exact) mass is 338 g/mol. The smallest absolute Gasteiger partial charge is 0.322 e. The van der Waals surface area contributed by atoms with E-state index in [9.17, 15) is 4.79 Å². The quantitative estimate of drug-likeness (QED) is 0.900. The molecule has 2 amide bonds. The second-order valence-electron chi connectivity index (χ2n) is 7.23. The van der Waals surface area contributed by atoms with Gasteiger partial charge in [-0.25, -0.2) is 4.79 Å². The molecule has 0 fully saturated rings. The van der Waals surface area contributed by atoms with Gasteiger partial charge in [-0.2, -0.15) is 0 Å². The third-order valence-corrected chi connectivity index (χ3v) is 4.75. The SMILES string of the molecule is CN[C@@H](CNC(=O)N1CC(C)(C)c2nc(C)ccc21)c1ccccc1. The fraction of sp³-hybridized carbons (Fsp3) is 0.400. The van der Waals surface area contributed by atoms with E-state index in [-0.39, 0.29) is 17.5 Å². The number of aromatic nitrogens is 1. The largest absolute Gasteiger partial charge is 0.336 e. The number of rotatable bonds is 4. The standard InChI is InChI=1S/C20H26N4O/c1-14-10-11-17-18(23-14)20(2,3)13-24(17)19(25)22-12-16(21-4)15-8-6-5-7-9-15/h5-11,16,21H,12-13H2,1-4H3,(H,22,25)/t16-/m0/s1. The van der Waals surface area contributed by atoms with Crippen LogP contribution in [0.3, 0.4) is 0 Å². The molecule has 0 unspecified atom stereocenters. The van der Waals surface area contributed by atoms with Crippen LogP contribution in [0.25, 0.3) is 0 Å². The molecule has 132 valence electrons. The van der Waals surface area contributed by atoms with Crippen molar-refractivity contribution in [3.05, 3.63) is 59.4 Å². The van der Waals surface area contributed by atoms with Crippen molar-refractivity contribution in [2.45, 2.75) is 32.2 Å². The van der Waals surface area contributed by atoms with E-state index in [2.05, 4.69) is 41.6 Å². The first-order chi connectivity index (χ1) is 11.9. The summed E-state index contributed by atoms with van der Waals surface area (Å²) in [5, 5.41) is 6.33. The van der Waals surface area contributed by atoms with Crippen LogP contribution in [0.2, 0.25) is 0 Å². The minimum absolute atomic E-state index is 0.0753. The highest BCUT2D eigenvalue weighted by molar-refractivity contribution is 5.94. The van der Waals surface area contributed by atoms with Gasteiger partial charge in [-0.15, -0.1) is 0 Å². The summed E-state index contributed by atoms with van der Waals surface area (Å²) >= 11 is 0. The van der Waals surface area contributed by atoms with Gasteiger partial charge in [0.25, 0.3) is 0 Å². The van der Waals surface area contributed by atoms with Crippen LogP contribution >= 0.6 is 0 Å². The van der Waals surface area contributed by atoms with Crippen molar-refractivity contribution in [1.82, 2.24) is 15.6 Å². The molecule has 1 aliphatic rings. The first kappa shape index (κ1) is 17.4. The molecule has 2 aromatic rings. The van der Waals surface area contributed by atoms with Crippen LogP contribution in [0.1, 0.15) is 36.8 Å². The number of nitrogens with one attached hydrogen (secondary N) is 2.